The van der Waals surface area contributed by atoms with E-state index in [9.17, 15) is 13.6 Å². The first-order chi connectivity index (χ1) is 9.68. The molecule has 2 aromatic rings. The summed E-state index contributed by atoms with van der Waals surface area (Å²) in [6.45, 7) is 5.94. The Morgan fingerprint density at radius 3 is 2.48 bits per heavy atom. The van der Waals surface area contributed by atoms with Crippen LogP contribution >= 0.6 is 0 Å². The molecular weight excluding hydrogens is 278 g/mol. The molecule has 112 valence electrons. The normalized spacial score (nSPS) is 11.5. The topological polar surface area (TPSA) is 83.8 Å². The number of anilines is 2. The van der Waals surface area contributed by atoms with Gasteiger partial charge in [-0.3, -0.25) is 9.89 Å². The molecule has 21 heavy (non-hydrogen) atoms. The average molecular weight is 294 g/mol. The Morgan fingerprint density at radius 2 is 1.90 bits per heavy atom. The van der Waals surface area contributed by atoms with Gasteiger partial charge < -0.3 is 11.1 Å². The predicted octanol–water partition coefficient (Wildman–Crippen LogP) is 2.82. The number of benzene rings is 1. The lowest BCUT2D eigenvalue weighted by Crippen LogP contribution is -2.15. The van der Waals surface area contributed by atoms with Crippen molar-refractivity contribution in [3.63, 3.8) is 0 Å². The molecule has 0 saturated carbocycles. The molecule has 0 aliphatic heterocycles. The molecule has 0 unspecified atom stereocenters. The Morgan fingerprint density at radius 1 is 1.24 bits per heavy atom. The highest BCUT2D eigenvalue weighted by atomic mass is 19.1. The van der Waals surface area contributed by atoms with E-state index in [2.05, 4.69) is 15.5 Å². The summed E-state index contributed by atoms with van der Waals surface area (Å²) in [5.41, 5.74) is 5.36. The van der Waals surface area contributed by atoms with Gasteiger partial charge in [-0.1, -0.05) is 20.8 Å². The first-order valence-corrected chi connectivity index (χ1v) is 6.30. The van der Waals surface area contributed by atoms with Crippen LogP contribution in [0.3, 0.4) is 0 Å². The number of nitrogens with two attached hydrogens (primary N) is 1. The molecule has 1 aromatic heterocycles. The molecule has 1 heterocycles. The van der Waals surface area contributed by atoms with Crippen LogP contribution in [0.25, 0.3) is 0 Å². The standard InChI is InChI=1S/C14H16F2N4O/c1-14(2,3)11-6-12(20-19-11)18-13(21)7-4-10(17)9(16)5-8(7)15/h4-6H,17H2,1-3H3,(H2,18,19,20,21). The van der Waals surface area contributed by atoms with Crippen LogP contribution in [0.5, 0.6) is 0 Å². The maximum atomic E-state index is 13.6. The lowest BCUT2D eigenvalue weighted by molar-refractivity contribution is 0.102. The second kappa shape index (κ2) is 5.16. The average Bonchev–Trinajstić information content (AvgIpc) is 2.82. The van der Waals surface area contributed by atoms with Crippen molar-refractivity contribution in [2.75, 3.05) is 11.1 Å². The molecule has 4 N–H and O–H groups in total. The summed E-state index contributed by atoms with van der Waals surface area (Å²) in [6.07, 6.45) is 0. The van der Waals surface area contributed by atoms with Crippen molar-refractivity contribution in [2.24, 2.45) is 0 Å². The maximum Gasteiger partial charge on any atom is 0.259 e. The minimum Gasteiger partial charge on any atom is -0.396 e. The fourth-order valence-electron chi connectivity index (χ4n) is 1.69. The first-order valence-electron chi connectivity index (χ1n) is 6.30. The van der Waals surface area contributed by atoms with Crippen LogP contribution in [0.4, 0.5) is 20.3 Å². The van der Waals surface area contributed by atoms with Gasteiger partial charge in [0, 0.05) is 23.2 Å². The van der Waals surface area contributed by atoms with Crippen LogP contribution in [-0.2, 0) is 5.41 Å². The minimum absolute atomic E-state index is 0.165. The minimum atomic E-state index is -0.981. The smallest absolute Gasteiger partial charge is 0.259 e. The molecular formula is C14H16F2N4O. The number of amides is 1. The second-order valence-electron chi connectivity index (χ2n) is 5.72. The molecule has 1 amide bonds. The lowest BCUT2D eigenvalue weighted by Gasteiger charge is -2.14. The quantitative estimate of drug-likeness (QED) is 0.745. The number of nitrogen functional groups attached to an aromatic ring is 1. The Balaban J connectivity index is 2.22. The van der Waals surface area contributed by atoms with Gasteiger partial charge >= 0.3 is 0 Å². The molecule has 0 fully saturated rings. The third kappa shape index (κ3) is 3.18. The molecule has 0 aliphatic carbocycles. The third-order valence-corrected chi connectivity index (χ3v) is 2.96. The van der Waals surface area contributed by atoms with Crippen molar-refractivity contribution < 1.29 is 13.6 Å². The van der Waals surface area contributed by atoms with Crippen LogP contribution in [0.15, 0.2) is 18.2 Å². The van der Waals surface area contributed by atoms with Crippen molar-refractivity contribution in [1.29, 1.82) is 0 Å². The summed E-state index contributed by atoms with van der Waals surface area (Å²) in [7, 11) is 0. The van der Waals surface area contributed by atoms with Gasteiger partial charge in [0.1, 0.15) is 11.6 Å². The molecule has 0 radical (unpaired) electrons. The molecule has 2 rings (SSSR count). The summed E-state index contributed by atoms with van der Waals surface area (Å²) in [5.74, 6) is -2.37. The van der Waals surface area contributed by atoms with Gasteiger partial charge in [-0.2, -0.15) is 5.10 Å². The molecule has 1 aromatic carbocycles. The number of rotatable bonds is 2. The van der Waals surface area contributed by atoms with E-state index in [-0.39, 0.29) is 22.5 Å². The van der Waals surface area contributed by atoms with E-state index in [1.54, 1.807) is 6.07 Å². The molecule has 7 heteroatoms. The summed E-state index contributed by atoms with van der Waals surface area (Å²) in [5, 5.41) is 9.17. The monoisotopic (exact) mass is 294 g/mol. The fraction of sp³-hybridized carbons (Fsp3) is 0.286. The van der Waals surface area contributed by atoms with Crippen LogP contribution < -0.4 is 11.1 Å². The highest BCUT2D eigenvalue weighted by Crippen LogP contribution is 2.23. The number of carbonyl (C=O) groups is 1. The van der Waals surface area contributed by atoms with Gasteiger partial charge in [0.05, 0.1) is 11.3 Å². The van der Waals surface area contributed by atoms with E-state index in [0.29, 0.717) is 6.07 Å². The zero-order valence-electron chi connectivity index (χ0n) is 11.9. The van der Waals surface area contributed by atoms with E-state index >= 15 is 0 Å². The van der Waals surface area contributed by atoms with Gasteiger partial charge in [0.2, 0.25) is 0 Å². The second-order valence-corrected chi connectivity index (χ2v) is 5.72. The Kier molecular flexibility index (Phi) is 3.67. The Hall–Kier alpha value is -2.44. The van der Waals surface area contributed by atoms with E-state index in [4.69, 9.17) is 5.73 Å². The maximum absolute atomic E-state index is 13.6. The van der Waals surface area contributed by atoms with E-state index in [1.165, 1.54) is 0 Å². The number of halogens is 2. The number of H-pyrrole nitrogens is 1. The number of hydrogen-bond acceptors (Lipinski definition) is 3. The van der Waals surface area contributed by atoms with Gasteiger partial charge in [0.15, 0.2) is 5.82 Å². The van der Waals surface area contributed by atoms with E-state index in [0.717, 1.165) is 11.8 Å². The summed E-state index contributed by atoms with van der Waals surface area (Å²) >= 11 is 0. The summed E-state index contributed by atoms with van der Waals surface area (Å²) in [6, 6.07) is 3.19. The van der Waals surface area contributed by atoms with E-state index < -0.39 is 17.5 Å². The van der Waals surface area contributed by atoms with Crippen molar-refractivity contribution in [3.05, 3.63) is 41.1 Å². The van der Waals surface area contributed by atoms with Crippen molar-refractivity contribution in [3.8, 4) is 0 Å². The molecule has 0 bridgehead atoms. The van der Waals surface area contributed by atoms with Crippen molar-refractivity contribution >= 4 is 17.4 Å². The van der Waals surface area contributed by atoms with Crippen molar-refractivity contribution in [2.45, 2.75) is 26.2 Å². The van der Waals surface area contributed by atoms with Gasteiger partial charge in [0.25, 0.3) is 5.91 Å². The Labute approximate surface area is 120 Å². The predicted molar refractivity (Wildman–Crippen MR) is 76.0 cm³/mol. The van der Waals surface area contributed by atoms with Crippen LogP contribution in [0.2, 0.25) is 0 Å². The lowest BCUT2D eigenvalue weighted by atomic mass is 9.92. The zero-order valence-corrected chi connectivity index (χ0v) is 11.9. The summed E-state index contributed by atoms with van der Waals surface area (Å²) < 4.78 is 26.7. The van der Waals surface area contributed by atoms with Crippen LogP contribution in [0.1, 0.15) is 36.8 Å². The zero-order chi connectivity index (χ0) is 15.8. The fourth-order valence-corrected chi connectivity index (χ4v) is 1.69. The molecule has 0 aliphatic rings. The highest BCUT2D eigenvalue weighted by Gasteiger charge is 2.19. The number of carbonyl (C=O) groups excluding carboxylic acids is 1. The van der Waals surface area contributed by atoms with Crippen LogP contribution in [0, 0.1) is 11.6 Å². The van der Waals surface area contributed by atoms with Crippen molar-refractivity contribution in [1.82, 2.24) is 10.2 Å². The number of aromatic nitrogens is 2. The molecule has 5 nitrogen and oxygen atoms in total. The SMILES string of the molecule is CC(C)(C)c1cc(NC(=O)c2cc(N)c(F)cc2F)n[nH]1. The molecule has 0 spiro atoms. The number of aromatic amines is 1. The summed E-state index contributed by atoms with van der Waals surface area (Å²) in [4.78, 5) is 12.0. The van der Waals surface area contributed by atoms with Gasteiger partial charge in [-0.05, 0) is 6.07 Å². The van der Waals surface area contributed by atoms with Gasteiger partial charge in [-0.25, -0.2) is 8.78 Å². The largest absolute Gasteiger partial charge is 0.396 e. The number of hydrogen-bond donors (Lipinski definition) is 3. The molecule has 0 atom stereocenters. The third-order valence-electron chi connectivity index (χ3n) is 2.96. The van der Waals surface area contributed by atoms with E-state index in [1.807, 2.05) is 20.8 Å². The number of nitrogens with one attached hydrogen (secondary N) is 2. The number of nitrogens with zero attached hydrogens (tertiary/aromatic N) is 1. The van der Waals surface area contributed by atoms with Crippen LogP contribution in [-0.4, -0.2) is 16.1 Å². The highest BCUT2D eigenvalue weighted by molar-refractivity contribution is 6.04. The Bertz CT molecular complexity index is 689. The van der Waals surface area contributed by atoms with Gasteiger partial charge in [-0.15, -0.1) is 0 Å². The first kappa shape index (κ1) is 15.0. The molecule has 0 saturated heterocycles.